The molecule has 1 N–H and O–H groups in total. The summed E-state index contributed by atoms with van der Waals surface area (Å²) in [5.74, 6) is -0.220. The number of carbonyl (C=O) groups is 2. The van der Waals surface area contributed by atoms with Gasteiger partial charge in [0.15, 0.2) is 11.5 Å². The summed E-state index contributed by atoms with van der Waals surface area (Å²) < 4.78 is 40.2. The number of anilines is 1. The number of nitrogens with one attached hydrogen (secondary N) is 1. The van der Waals surface area contributed by atoms with Crippen molar-refractivity contribution in [2.75, 3.05) is 31.6 Å². The highest BCUT2D eigenvalue weighted by molar-refractivity contribution is 7.92. The molecule has 0 bridgehead atoms. The topological polar surface area (TPSA) is 105 Å². The summed E-state index contributed by atoms with van der Waals surface area (Å²) in [6, 6.07) is 27.9. The Morgan fingerprint density at radius 2 is 1.46 bits per heavy atom. The predicted molar refractivity (Wildman–Crippen MR) is 180 cm³/mol. The quantitative estimate of drug-likeness (QED) is 0.175. The Labute approximate surface area is 275 Å². The highest BCUT2D eigenvalue weighted by Gasteiger charge is 2.35. The van der Waals surface area contributed by atoms with Gasteiger partial charge in [0.25, 0.3) is 10.0 Å². The molecule has 0 aliphatic carbocycles. The van der Waals surface area contributed by atoms with E-state index in [1.54, 1.807) is 54.6 Å². The van der Waals surface area contributed by atoms with Crippen molar-refractivity contribution in [2.45, 2.75) is 37.2 Å². The third kappa shape index (κ3) is 8.58. The van der Waals surface area contributed by atoms with Crippen molar-refractivity contribution in [1.82, 2.24) is 10.2 Å². The molecule has 0 radical (unpaired) electrons. The second-order valence-electron chi connectivity index (χ2n) is 10.5. The summed E-state index contributed by atoms with van der Waals surface area (Å²) in [6.07, 6.45) is 0.925. The molecule has 0 saturated carbocycles. The van der Waals surface area contributed by atoms with Crippen molar-refractivity contribution in [3.8, 4) is 11.5 Å². The fraction of sp³-hybridized carbons (Fsp3) is 0.257. The van der Waals surface area contributed by atoms with Crippen LogP contribution in [0.4, 0.5) is 5.69 Å². The molecule has 11 heteroatoms. The van der Waals surface area contributed by atoms with Gasteiger partial charge in [-0.2, -0.15) is 0 Å². The molecule has 0 aromatic heterocycles. The lowest BCUT2D eigenvalue weighted by atomic mass is 10.0. The fourth-order valence-electron chi connectivity index (χ4n) is 4.93. The highest BCUT2D eigenvalue weighted by Crippen LogP contribution is 2.34. The summed E-state index contributed by atoms with van der Waals surface area (Å²) in [6.45, 7) is 1.82. The van der Waals surface area contributed by atoms with Crippen LogP contribution in [0.25, 0.3) is 0 Å². The largest absolute Gasteiger partial charge is 0.493 e. The van der Waals surface area contributed by atoms with Gasteiger partial charge in [0, 0.05) is 30.6 Å². The van der Waals surface area contributed by atoms with Crippen LogP contribution in [0.3, 0.4) is 0 Å². The number of methoxy groups -OCH3 is 2. The Bertz CT molecular complexity index is 1700. The monoisotopic (exact) mass is 663 g/mol. The SMILES string of the molecule is CCCNC(=O)C(Cc1ccccc1)N(Cc1ccc(Cl)cc1)C(=O)CN(c1ccc(OC)c(OC)c1)S(=O)(=O)c1ccccc1. The lowest BCUT2D eigenvalue weighted by Gasteiger charge is -2.34. The maximum absolute atomic E-state index is 14.5. The summed E-state index contributed by atoms with van der Waals surface area (Å²) in [7, 11) is -1.33. The van der Waals surface area contributed by atoms with Gasteiger partial charge in [-0.25, -0.2) is 8.42 Å². The summed E-state index contributed by atoms with van der Waals surface area (Å²) in [4.78, 5) is 29.7. The molecule has 1 unspecified atom stereocenters. The number of sulfonamides is 1. The Balaban J connectivity index is 1.82. The first-order valence-corrected chi connectivity index (χ1v) is 16.6. The molecule has 0 heterocycles. The standard InChI is InChI=1S/C35H38ClN3O6S/c1-4-21-37-35(41)31(22-26-11-7-5-8-12-26)38(24-27-15-17-28(36)18-16-27)34(40)25-39(46(42,43)30-13-9-6-10-14-30)29-19-20-32(44-2)33(23-29)45-3/h5-20,23,31H,4,21-22,24-25H2,1-3H3,(H,37,41). The van der Waals surface area contributed by atoms with Crippen molar-refractivity contribution in [3.63, 3.8) is 0 Å². The second-order valence-corrected chi connectivity index (χ2v) is 12.8. The van der Waals surface area contributed by atoms with Gasteiger partial charge in [-0.1, -0.05) is 79.2 Å². The minimum atomic E-state index is -4.25. The summed E-state index contributed by atoms with van der Waals surface area (Å²) in [5.41, 5.74) is 1.76. The molecule has 2 amide bonds. The number of ether oxygens (including phenoxy) is 2. The third-order valence-electron chi connectivity index (χ3n) is 7.35. The molecule has 4 aromatic rings. The van der Waals surface area contributed by atoms with Crippen LogP contribution in [0.2, 0.25) is 5.02 Å². The number of hydrogen-bond acceptors (Lipinski definition) is 6. The number of halogens is 1. The van der Waals surface area contributed by atoms with Crippen LogP contribution in [-0.2, 0) is 32.6 Å². The number of carbonyl (C=O) groups excluding carboxylic acids is 2. The molecular formula is C35H38ClN3O6S. The Hall–Kier alpha value is -4.54. The Morgan fingerprint density at radius 1 is 0.826 bits per heavy atom. The predicted octanol–water partition coefficient (Wildman–Crippen LogP) is 5.72. The van der Waals surface area contributed by atoms with Gasteiger partial charge in [0.1, 0.15) is 12.6 Å². The molecule has 1 atom stereocenters. The van der Waals surface area contributed by atoms with Crippen LogP contribution in [0.15, 0.2) is 108 Å². The van der Waals surface area contributed by atoms with Crippen LogP contribution >= 0.6 is 11.6 Å². The maximum Gasteiger partial charge on any atom is 0.264 e. The van der Waals surface area contributed by atoms with Crippen molar-refractivity contribution in [3.05, 3.63) is 119 Å². The van der Waals surface area contributed by atoms with Crippen LogP contribution in [0.1, 0.15) is 24.5 Å². The van der Waals surface area contributed by atoms with Crippen molar-refractivity contribution in [2.24, 2.45) is 0 Å². The number of rotatable bonds is 15. The molecule has 242 valence electrons. The van der Waals surface area contributed by atoms with Gasteiger partial charge < -0.3 is 19.7 Å². The molecule has 0 aliphatic heterocycles. The lowest BCUT2D eigenvalue weighted by Crippen LogP contribution is -2.53. The number of nitrogens with zero attached hydrogens (tertiary/aromatic N) is 2. The van der Waals surface area contributed by atoms with Gasteiger partial charge in [-0.05, 0) is 53.9 Å². The van der Waals surface area contributed by atoms with Gasteiger partial charge in [-0.3, -0.25) is 13.9 Å². The van der Waals surface area contributed by atoms with Gasteiger partial charge in [0.05, 0.1) is 24.8 Å². The molecule has 4 aromatic carbocycles. The zero-order valence-corrected chi connectivity index (χ0v) is 27.6. The number of amides is 2. The van der Waals surface area contributed by atoms with E-state index in [4.69, 9.17) is 21.1 Å². The average molecular weight is 664 g/mol. The van der Waals surface area contributed by atoms with E-state index in [9.17, 15) is 18.0 Å². The first-order valence-electron chi connectivity index (χ1n) is 14.8. The first kappa shape index (κ1) is 34.3. The number of hydrogen-bond donors (Lipinski definition) is 1. The molecule has 0 aliphatic rings. The fourth-order valence-corrected chi connectivity index (χ4v) is 6.49. The Kier molecular flexibility index (Phi) is 12.1. The molecular weight excluding hydrogens is 626 g/mol. The van der Waals surface area contributed by atoms with E-state index in [0.717, 1.165) is 15.4 Å². The van der Waals surface area contributed by atoms with Crippen molar-refractivity contribution in [1.29, 1.82) is 0 Å². The van der Waals surface area contributed by atoms with E-state index in [0.29, 0.717) is 29.5 Å². The molecule has 4 rings (SSSR count). The maximum atomic E-state index is 14.5. The van der Waals surface area contributed by atoms with E-state index in [-0.39, 0.29) is 29.5 Å². The van der Waals surface area contributed by atoms with Crippen LogP contribution in [0.5, 0.6) is 11.5 Å². The zero-order valence-electron chi connectivity index (χ0n) is 26.1. The van der Waals surface area contributed by atoms with Gasteiger partial charge >= 0.3 is 0 Å². The highest BCUT2D eigenvalue weighted by atomic mass is 35.5. The van der Waals surface area contributed by atoms with Gasteiger partial charge in [-0.15, -0.1) is 0 Å². The normalized spacial score (nSPS) is 11.7. The minimum Gasteiger partial charge on any atom is -0.493 e. The first-order chi connectivity index (χ1) is 22.2. The van der Waals surface area contributed by atoms with Crippen LogP contribution < -0.4 is 19.1 Å². The van der Waals surface area contributed by atoms with E-state index < -0.39 is 28.5 Å². The van der Waals surface area contributed by atoms with E-state index >= 15 is 0 Å². The van der Waals surface area contributed by atoms with Crippen LogP contribution in [-0.4, -0.2) is 58.5 Å². The molecule has 46 heavy (non-hydrogen) atoms. The second kappa shape index (κ2) is 16.1. The van der Waals surface area contributed by atoms with Crippen molar-refractivity contribution < 1.29 is 27.5 Å². The number of benzene rings is 4. The average Bonchev–Trinajstić information content (AvgIpc) is 3.08. The molecule has 0 saturated heterocycles. The summed E-state index contributed by atoms with van der Waals surface area (Å²) in [5, 5.41) is 3.46. The van der Waals surface area contributed by atoms with E-state index in [2.05, 4.69) is 5.32 Å². The lowest BCUT2D eigenvalue weighted by molar-refractivity contribution is -0.140. The van der Waals surface area contributed by atoms with Gasteiger partial charge in [0.2, 0.25) is 11.8 Å². The van der Waals surface area contributed by atoms with Crippen molar-refractivity contribution >= 4 is 39.1 Å². The van der Waals surface area contributed by atoms with E-state index in [1.807, 2.05) is 37.3 Å². The Morgan fingerprint density at radius 3 is 2.07 bits per heavy atom. The molecule has 0 spiro atoms. The minimum absolute atomic E-state index is 0.00311. The van der Waals surface area contributed by atoms with Crippen LogP contribution in [0, 0.1) is 0 Å². The molecule has 0 fully saturated rings. The third-order valence-corrected chi connectivity index (χ3v) is 9.39. The summed E-state index contributed by atoms with van der Waals surface area (Å²) >= 11 is 6.14. The molecule has 9 nitrogen and oxygen atoms in total. The van der Waals surface area contributed by atoms with E-state index in [1.165, 1.54) is 37.3 Å². The zero-order chi connectivity index (χ0) is 33.1. The smallest absolute Gasteiger partial charge is 0.264 e.